The monoisotopic (exact) mass is 141 g/mol. The fourth-order valence-corrected chi connectivity index (χ4v) is 1.11. The van der Waals surface area contributed by atoms with E-state index in [-0.39, 0.29) is 0 Å². The smallest absolute Gasteiger partial charge is 0.0896 e. The second kappa shape index (κ2) is 2.35. The van der Waals surface area contributed by atoms with Crippen LogP contribution >= 0.6 is 0 Å². The van der Waals surface area contributed by atoms with Crippen LogP contribution in [0, 0.1) is 19.2 Å². The Hall–Kier alpha value is -1.37. The van der Waals surface area contributed by atoms with Crippen molar-refractivity contribution in [3.8, 4) is 0 Å². The Morgan fingerprint density at radius 3 is 3.09 bits per heavy atom. The van der Waals surface area contributed by atoms with Gasteiger partial charge in [-0.3, -0.25) is 0 Å². The number of pyridine rings is 1. The highest BCUT2D eigenvalue weighted by Crippen LogP contribution is 2.13. The van der Waals surface area contributed by atoms with Crippen LogP contribution in [0.4, 0.5) is 0 Å². The lowest BCUT2D eigenvalue weighted by atomic mass is 10.1. The van der Waals surface area contributed by atoms with E-state index in [1.165, 1.54) is 5.56 Å². The van der Waals surface area contributed by atoms with Crippen LogP contribution in [0.1, 0.15) is 5.56 Å². The Kier molecular flexibility index (Phi) is 1.35. The highest BCUT2D eigenvalue weighted by atomic mass is 14.6. The van der Waals surface area contributed by atoms with Crippen LogP contribution < -0.4 is 0 Å². The maximum Gasteiger partial charge on any atom is 0.0896 e. The Morgan fingerprint density at radius 2 is 2.27 bits per heavy atom. The maximum absolute atomic E-state index is 4.10. The number of hydrogen-bond donors (Lipinski definition) is 0. The van der Waals surface area contributed by atoms with Crippen LogP contribution in [-0.2, 0) is 0 Å². The van der Waals surface area contributed by atoms with Gasteiger partial charge >= 0.3 is 0 Å². The molecule has 52 valence electrons. The molecule has 0 aliphatic carbocycles. The summed E-state index contributed by atoms with van der Waals surface area (Å²) in [5.74, 6) is 0. The summed E-state index contributed by atoms with van der Waals surface area (Å²) < 4.78 is 0. The van der Waals surface area contributed by atoms with E-state index in [1.807, 2.05) is 31.2 Å². The number of aromatic nitrogens is 1. The van der Waals surface area contributed by atoms with Gasteiger partial charge in [0.2, 0.25) is 0 Å². The second-order valence-electron chi connectivity index (χ2n) is 2.51. The Morgan fingerprint density at radius 1 is 1.36 bits per heavy atom. The zero-order valence-electron chi connectivity index (χ0n) is 6.26. The lowest BCUT2D eigenvalue weighted by molar-refractivity contribution is 1.35. The molecule has 0 amide bonds. The van der Waals surface area contributed by atoms with Crippen molar-refractivity contribution >= 4 is 10.9 Å². The molecule has 1 aromatic carbocycles. The number of nitrogens with zero attached hydrogens (tertiary/aromatic N) is 1. The lowest BCUT2D eigenvalue weighted by Gasteiger charge is -1.97. The summed E-state index contributed by atoms with van der Waals surface area (Å²) in [6.07, 6.45) is 2.84. The predicted octanol–water partition coefficient (Wildman–Crippen LogP) is 2.14. The molecule has 2 radical (unpaired) electrons. The van der Waals surface area contributed by atoms with Gasteiger partial charge in [0.1, 0.15) is 0 Å². The quantitative estimate of drug-likeness (QED) is 0.547. The molecule has 11 heavy (non-hydrogen) atoms. The number of benzene rings is 1. The number of hydrogen-bond acceptors (Lipinski definition) is 1. The Balaban J connectivity index is 2.91. The van der Waals surface area contributed by atoms with Crippen LogP contribution in [-0.4, -0.2) is 4.98 Å². The minimum atomic E-state index is 0.990. The highest BCUT2D eigenvalue weighted by Gasteiger charge is 1.94. The molecule has 0 fully saturated rings. The molecular weight excluding hydrogens is 134 g/mol. The first-order valence-corrected chi connectivity index (χ1v) is 3.51. The summed E-state index contributed by atoms with van der Waals surface area (Å²) in [5, 5.41) is 1.16. The number of rotatable bonds is 0. The molecule has 0 aliphatic rings. The molecule has 2 aromatic rings. The summed E-state index contributed by atoms with van der Waals surface area (Å²) in [4.78, 5) is 4.10. The van der Waals surface area contributed by atoms with Crippen LogP contribution in [0.5, 0.6) is 0 Å². The van der Waals surface area contributed by atoms with Crippen molar-refractivity contribution in [3.63, 3.8) is 0 Å². The summed E-state index contributed by atoms with van der Waals surface area (Å²) >= 11 is 0. The minimum Gasteiger partial charge on any atom is -0.246 e. The van der Waals surface area contributed by atoms with Gasteiger partial charge in [0.25, 0.3) is 0 Å². The molecule has 2 rings (SSSR count). The maximum atomic E-state index is 4.10. The third-order valence-electron chi connectivity index (χ3n) is 1.73. The minimum absolute atomic E-state index is 0.990. The van der Waals surface area contributed by atoms with E-state index in [4.69, 9.17) is 0 Å². The first kappa shape index (κ1) is 6.35. The SMILES string of the molecule is Cc1c[c]nc2cc[c]cc12. The molecule has 0 aliphatic heterocycles. The molecule has 0 spiro atoms. The van der Waals surface area contributed by atoms with Crippen molar-refractivity contribution in [3.05, 3.63) is 42.1 Å². The molecule has 0 N–H and O–H groups in total. The van der Waals surface area contributed by atoms with Gasteiger partial charge in [-0.2, -0.15) is 0 Å². The molecule has 1 heteroatoms. The van der Waals surface area contributed by atoms with E-state index in [1.54, 1.807) is 0 Å². The summed E-state index contributed by atoms with van der Waals surface area (Å²) in [5.41, 5.74) is 2.19. The van der Waals surface area contributed by atoms with Gasteiger partial charge in [-0.05, 0) is 36.8 Å². The largest absolute Gasteiger partial charge is 0.246 e. The third kappa shape index (κ3) is 0.984. The zero-order valence-corrected chi connectivity index (χ0v) is 6.26. The van der Waals surface area contributed by atoms with E-state index in [9.17, 15) is 0 Å². The molecule has 0 saturated carbocycles. The number of aryl methyl sites for hydroxylation is 1. The van der Waals surface area contributed by atoms with E-state index < -0.39 is 0 Å². The molecule has 0 saturated heterocycles. The predicted molar refractivity (Wildman–Crippen MR) is 44.2 cm³/mol. The van der Waals surface area contributed by atoms with Gasteiger partial charge in [-0.1, -0.05) is 6.07 Å². The molecule has 0 bridgehead atoms. The summed E-state index contributed by atoms with van der Waals surface area (Å²) in [7, 11) is 0. The standard InChI is InChI=1S/C10H7N/c1-8-6-7-11-10-5-3-2-4-9(8)10/h3-6H,1H3. The average Bonchev–Trinajstić information content (AvgIpc) is 2.06. The van der Waals surface area contributed by atoms with Gasteiger partial charge in [-0.25, -0.2) is 4.98 Å². The van der Waals surface area contributed by atoms with Crippen LogP contribution in [0.3, 0.4) is 0 Å². The van der Waals surface area contributed by atoms with Gasteiger partial charge < -0.3 is 0 Å². The van der Waals surface area contributed by atoms with Crippen LogP contribution in [0.15, 0.2) is 24.3 Å². The third-order valence-corrected chi connectivity index (χ3v) is 1.73. The van der Waals surface area contributed by atoms with E-state index in [0.717, 1.165) is 10.9 Å². The van der Waals surface area contributed by atoms with Crippen molar-refractivity contribution in [1.29, 1.82) is 0 Å². The van der Waals surface area contributed by atoms with Crippen molar-refractivity contribution in [2.24, 2.45) is 0 Å². The fraction of sp³-hybridized carbons (Fsp3) is 0.100. The van der Waals surface area contributed by atoms with Crippen LogP contribution in [0.2, 0.25) is 0 Å². The lowest BCUT2D eigenvalue weighted by Crippen LogP contribution is -1.80. The number of fused-ring (bicyclic) bond motifs is 1. The Bertz CT molecular complexity index is 374. The molecule has 1 aromatic heterocycles. The fourth-order valence-electron chi connectivity index (χ4n) is 1.11. The highest BCUT2D eigenvalue weighted by molar-refractivity contribution is 5.81. The van der Waals surface area contributed by atoms with Crippen molar-refractivity contribution in [1.82, 2.24) is 4.98 Å². The van der Waals surface area contributed by atoms with Gasteiger partial charge in [0.05, 0.1) is 11.7 Å². The van der Waals surface area contributed by atoms with E-state index in [2.05, 4.69) is 17.2 Å². The van der Waals surface area contributed by atoms with Gasteiger partial charge in [0.15, 0.2) is 0 Å². The molecule has 0 unspecified atom stereocenters. The first-order valence-electron chi connectivity index (χ1n) is 3.51. The van der Waals surface area contributed by atoms with Crippen molar-refractivity contribution in [2.75, 3.05) is 0 Å². The topological polar surface area (TPSA) is 12.9 Å². The average molecular weight is 141 g/mol. The first-order chi connectivity index (χ1) is 5.38. The van der Waals surface area contributed by atoms with E-state index >= 15 is 0 Å². The Labute approximate surface area is 65.7 Å². The van der Waals surface area contributed by atoms with Gasteiger partial charge in [0, 0.05) is 5.39 Å². The van der Waals surface area contributed by atoms with Crippen molar-refractivity contribution in [2.45, 2.75) is 6.92 Å². The molecule has 0 atom stereocenters. The van der Waals surface area contributed by atoms with Crippen molar-refractivity contribution < 1.29 is 0 Å². The molecule has 1 heterocycles. The molecular formula is C10H7N. The summed E-state index contributed by atoms with van der Waals surface area (Å²) in [6, 6.07) is 10.7. The molecule has 1 nitrogen and oxygen atoms in total. The van der Waals surface area contributed by atoms with Crippen LogP contribution in [0.25, 0.3) is 10.9 Å². The van der Waals surface area contributed by atoms with Gasteiger partial charge in [-0.15, -0.1) is 0 Å². The zero-order chi connectivity index (χ0) is 7.68. The second-order valence-corrected chi connectivity index (χ2v) is 2.51. The summed E-state index contributed by atoms with van der Waals surface area (Å²) in [6.45, 7) is 2.05. The van der Waals surface area contributed by atoms with E-state index in [0.29, 0.717) is 0 Å². The normalized spacial score (nSPS) is 10.3.